The molecule has 0 bridgehead atoms. The number of allylic oxidation sites excluding steroid dienone is 1. The van der Waals surface area contributed by atoms with Gasteiger partial charge >= 0.3 is 6.03 Å². The fourth-order valence-electron chi connectivity index (χ4n) is 6.18. The van der Waals surface area contributed by atoms with Crippen molar-refractivity contribution in [1.29, 1.82) is 0 Å². The molecule has 1 spiro atoms. The Morgan fingerprint density at radius 2 is 1.89 bits per heavy atom. The molecule has 3 aliphatic heterocycles. The van der Waals surface area contributed by atoms with Crippen molar-refractivity contribution in [3.8, 4) is 17.2 Å². The molecule has 2 fully saturated rings. The number of nitrogens with zero attached hydrogens (tertiary/aromatic N) is 3. The second-order valence-corrected chi connectivity index (χ2v) is 9.73. The summed E-state index contributed by atoms with van der Waals surface area (Å²) >= 11 is 0. The van der Waals surface area contributed by atoms with Crippen molar-refractivity contribution in [2.75, 3.05) is 33.9 Å². The molecule has 0 radical (unpaired) electrons. The van der Waals surface area contributed by atoms with Crippen molar-refractivity contribution in [3.05, 3.63) is 64.9 Å². The average Bonchev–Trinajstić information content (AvgIpc) is 2.99. The first-order valence-electron chi connectivity index (χ1n) is 12.5. The molecule has 2 saturated heterocycles. The van der Waals surface area contributed by atoms with E-state index in [0.29, 0.717) is 56.1 Å². The van der Waals surface area contributed by atoms with Crippen LogP contribution in [-0.4, -0.2) is 71.1 Å². The van der Waals surface area contributed by atoms with Crippen LogP contribution >= 0.6 is 0 Å². The molecular weight excluding hydrogens is 458 g/mol. The molecule has 3 aliphatic rings. The number of phenolic OH excluding ortho intramolecular Hbond substituents is 1. The quantitative estimate of drug-likeness (QED) is 0.688. The van der Waals surface area contributed by atoms with Crippen LogP contribution in [0.4, 0.5) is 4.79 Å². The lowest BCUT2D eigenvalue weighted by atomic mass is 9.82. The fraction of sp³-hybridized carbons (Fsp3) is 0.429. The Kier molecular flexibility index (Phi) is 6.06. The van der Waals surface area contributed by atoms with E-state index in [4.69, 9.17) is 9.47 Å². The molecule has 0 saturated carbocycles. The van der Waals surface area contributed by atoms with Gasteiger partial charge in [-0.05, 0) is 49.6 Å². The van der Waals surface area contributed by atoms with Crippen molar-refractivity contribution in [3.63, 3.8) is 0 Å². The van der Waals surface area contributed by atoms with Crippen LogP contribution in [0.15, 0.2) is 48.2 Å². The number of hydrogen-bond donors (Lipinski definition) is 1. The summed E-state index contributed by atoms with van der Waals surface area (Å²) in [6.07, 6.45) is 3.50. The molecule has 2 aromatic rings. The molecule has 8 nitrogen and oxygen atoms in total. The number of aromatic hydroxyl groups is 1. The minimum atomic E-state index is -0.470. The van der Waals surface area contributed by atoms with Gasteiger partial charge in [-0.25, -0.2) is 4.79 Å². The highest BCUT2D eigenvalue weighted by Crippen LogP contribution is 2.49. The number of urea groups is 1. The van der Waals surface area contributed by atoms with Gasteiger partial charge < -0.3 is 24.4 Å². The summed E-state index contributed by atoms with van der Waals surface area (Å²) in [5.74, 6) is 1.38. The first-order chi connectivity index (χ1) is 17.3. The monoisotopic (exact) mass is 491 g/mol. The smallest absolute Gasteiger partial charge is 0.325 e. The lowest BCUT2D eigenvalue weighted by Crippen LogP contribution is -2.54. The molecule has 1 N–H and O–H groups in total. The zero-order valence-electron chi connectivity index (χ0n) is 21.3. The second kappa shape index (κ2) is 9.08. The molecule has 3 heterocycles. The topological polar surface area (TPSA) is 82.6 Å². The third-order valence-electron chi connectivity index (χ3n) is 7.88. The minimum absolute atomic E-state index is 0.00604. The van der Waals surface area contributed by atoms with E-state index in [1.807, 2.05) is 39.8 Å². The van der Waals surface area contributed by atoms with Crippen LogP contribution in [0, 0.1) is 0 Å². The fourth-order valence-corrected chi connectivity index (χ4v) is 6.18. The molecule has 0 aromatic heterocycles. The molecule has 5 rings (SSSR count). The van der Waals surface area contributed by atoms with Crippen LogP contribution in [-0.2, 0) is 6.54 Å². The molecule has 1 atom stereocenters. The Morgan fingerprint density at radius 1 is 1.14 bits per heavy atom. The number of hydrogen-bond acceptors (Lipinski definition) is 5. The molecule has 3 amide bonds. The van der Waals surface area contributed by atoms with Gasteiger partial charge in [0.2, 0.25) is 0 Å². The van der Waals surface area contributed by atoms with Crippen LogP contribution in [0.1, 0.15) is 54.1 Å². The second-order valence-electron chi connectivity index (χ2n) is 9.73. The largest absolute Gasteiger partial charge is 0.508 e. The van der Waals surface area contributed by atoms with Crippen molar-refractivity contribution in [2.24, 2.45) is 0 Å². The number of phenols is 1. The normalized spacial score (nSPS) is 20.6. The number of benzene rings is 2. The van der Waals surface area contributed by atoms with Gasteiger partial charge in [-0.1, -0.05) is 19.1 Å². The number of carbonyl (C=O) groups is 2. The SMILES string of the molecule is CCN1C(=O)N2Cc3cc(O)cc(OC)c3[C@@H](C)C=C2C12CCN(C(=O)c1cccc(OC)c1)CC2. The number of likely N-dealkylation sites (tertiary alicyclic amines) is 1. The predicted molar refractivity (Wildman–Crippen MR) is 135 cm³/mol. The predicted octanol–water partition coefficient (Wildman–Crippen LogP) is 4.34. The summed E-state index contributed by atoms with van der Waals surface area (Å²) in [6, 6.07) is 10.6. The average molecular weight is 492 g/mol. The number of likely N-dealkylation sites (N-methyl/N-ethyl adjacent to an activating group) is 1. The van der Waals surface area contributed by atoms with Gasteiger partial charge in [0.05, 0.1) is 26.3 Å². The highest BCUT2D eigenvalue weighted by molar-refractivity contribution is 5.94. The van der Waals surface area contributed by atoms with Crippen molar-refractivity contribution in [1.82, 2.24) is 14.7 Å². The number of ether oxygens (including phenoxy) is 2. The van der Waals surface area contributed by atoms with E-state index in [0.717, 1.165) is 16.8 Å². The standard InChI is InChI=1S/C28H33N3O5/c1-5-31-27(34)30-17-20-14-21(32)16-23(36-4)25(20)18(2)13-24(30)28(31)9-11-29(12-10-28)26(33)19-7-6-8-22(15-19)35-3/h6-8,13-16,18,32H,5,9-12,17H2,1-4H3/t18-/m0/s1. The van der Waals surface area contributed by atoms with Crippen LogP contribution in [0.5, 0.6) is 17.2 Å². The minimum Gasteiger partial charge on any atom is -0.508 e. The van der Waals surface area contributed by atoms with E-state index in [-0.39, 0.29) is 23.6 Å². The molecule has 2 aromatic carbocycles. The number of rotatable bonds is 4. The molecule has 0 unspecified atom stereocenters. The van der Waals surface area contributed by atoms with Crippen LogP contribution in [0.2, 0.25) is 0 Å². The van der Waals surface area contributed by atoms with Crippen molar-refractivity contribution in [2.45, 2.75) is 44.7 Å². The maximum absolute atomic E-state index is 13.7. The lowest BCUT2D eigenvalue weighted by Gasteiger charge is -2.44. The Labute approximate surface area is 211 Å². The zero-order valence-corrected chi connectivity index (χ0v) is 21.3. The Bertz CT molecular complexity index is 1230. The van der Waals surface area contributed by atoms with Crippen LogP contribution in [0.25, 0.3) is 0 Å². The lowest BCUT2D eigenvalue weighted by molar-refractivity contribution is 0.0575. The maximum atomic E-state index is 13.7. The number of fused-ring (bicyclic) bond motifs is 3. The number of amides is 3. The third kappa shape index (κ3) is 3.67. The van der Waals surface area contributed by atoms with Gasteiger partial charge in [0.15, 0.2) is 0 Å². The maximum Gasteiger partial charge on any atom is 0.325 e. The number of carbonyl (C=O) groups excluding carboxylic acids is 2. The van der Waals surface area contributed by atoms with E-state index in [2.05, 4.69) is 13.0 Å². The molecular formula is C28H33N3O5. The molecule has 190 valence electrons. The third-order valence-corrected chi connectivity index (χ3v) is 7.88. The van der Waals surface area contributed by atoms with Crippen LogP contribution < -0.4 is 9.47 Å². The van der Waals surface area contributed by atoms with Gasteiger partial charge in [0, 0.05) is 48.4 Å². The van der Waals surface area contributed by atoms with E-state index >= 15 is 0 Å². The summed E-state index contributed by atoms with van der Waals surface area (Å²) in [4.78, 5) is 32.6. The van der Waals surface area contributed by atoms with Crippen molar-refractivity contribution >= 4 is 11.9 Å². The highest BCUT2D eigenvalue weighted by atomic mass is 16.5. The van der Waals surface area contributed by atoms with Gasteiger partial charge in [-0.2, -0.15) is 0 Å². The highest BCUT2D eigenvalue weighted by Gasteiger charge is 2.55. The zero-order chi connectivity index (χ0) is 25.6. The summed E-state index contributed by atoms with van der Waals surface area (Å²) < 4.78 is 10.9. The van der Waals surface area contributed by atoms with Gasteiger partial charge in [-0.3, -0.25) is 9.69 Å². The Balaban J connectivity index is 1.47. The molecule has 36 heavy (non-hydrogen) atoms. The van der Waals surface area contributed by atoms with Gasteiger partial charge in [0.1, 0.15) is 17.2 Å². The summed E-state index contributed by atoms with van der Waals surface area (Å²) in [6.45, 7) is 6.17. The summed E-state index contributed by atoms with van der Waals surface area (Å²) in [7, 11) is 3.19. The Morgan fingerprint density at radius 3 is 2.56 bits per heavy atom. The van der Waals surface area contributed by atoms with E-state index in [1.54, 1.807) is 32.4 Å². The summed E-state index contributed by atoms with van der Waals surface area (Å²) in [5, 5.41) is 10.3. The van der Waals surface area contributed by atoms with Crippen LogP contribution in [0.3, 0.4) is 0 Å². The van der Waals surface area contributed by atoms with E-state index in [1.165, 1.54) is 0 Å². The van der Waals surface area contributed by atoms with E-state index in [9.17, 15) is 14.7 Å². The van der Waals surface area contributed by atoms with E-state index < -0.39 is 5.54 Å². The molecule has 0 aliphatic carbocycles. The molecule has 8 heteroatoms. The number of piperidine rings is 1. The first kappa shape index (κ1) is 24.0. The van der Waals surface area contributed by atoms with Crippen molar-refractivity contribution < 1.29 is 24.2 Å². The van der Waals surface area contributed by atoms with Gasteiger partial charge in [-0.15, -0.1) is 0 Å². The number of methoxy groups -OCH3 is 2. The Hall–Kier alpha value is -3.68. The first-order valence-corrected chi connectivity index (χ1v) is 12.5. The van der Waals surface area contributed by atoms with Gasteiger partial charge in [0.25, 0.3) is 5.91 Å². The summed E-state index contributed by atoms with van der Waals surface area (Å²) in [5.41, 5.74) is 3.01.